The van der Waals surface area contributed by atoms with Crippen LogP contribution < -0.4 is 10.2 Å². The molecule has 2 aromatic rings. The molecule has 0 bridgehead atoms. The Kier molecular flexibility index (Phi) is 5.72. The molecule has 0 atom stereocenters. The first-order valence-corrected chi connectivity index (χ1v) is 8.94. The van der Waals surface area contributed by atoms with Gasteiger partial charge in [0.2, 0.25) is 0 Å². The molecule has 21 heavy (non-hydrogen) atoms. The summed E-state index contributed by atoms with van der Waals surface area (Å²) >= 11 is 3.50. The van der Waals surface area contributed by atoms with Crippen LogP contribution >= 0.6 is 22.7 Å². The van der Waals surface area contributed by atoms with Crippen LogP contribution in [0, 0.1) is 19.8 Å². The predicted molar refractivity (Wildman–Crippen MR) is 92.4 cm³/mol. The van der Waals surface area contributed by atoms with Crippen LogP contribution in [0.1, 0.15) is 35.0 Å². The molecule has 0 unspecified atom stereocenters. The molecule has 0 saturated carbocycles. The van der Waals surface area contributed by atoms with Gasteiger partial charge in [-0.2, -0.15) is 0 Å². The second-order valence-electron chi connectivity index (χ2n) is 5.75. The maximum Gasteiger partial charge on any atom is 0.185 e. The SMILES string of the molecule is Cc1ncsc1CN(C)c1nc(C)c(CNCC(C)C)s1. The van der Waals surface area contributed by atoms with Gasteiger partial charge >= 0.3 is 0 Å². The molecule has 116 valence electrons. The number of aryl methyl sites for hydroxylation is 2. The van der Waals surface area contributed by atoms with Crippen LogP contribution in [0.3, 0.4) is 0 Å². The first-order valence-electron chi connectivity index (χ1n) is 7.24. The second kappa shape index (κ2) is 7.33. The highest BCUT2D eigenvalue weighted by atomic mass is 32.1. The molecule has 0 saturated heterocycles. The van der Waals surface area contributed by atoms with E-state index in [4.69, 9.17) is 4.98 Å². The fraction of sp³-hybridized carbons (Fsp3) is 0.600. The Labute approximate surface area is 135 Å². The Morgan fingerprint density at radius 3 is 2.62 bits per heavy atom. The molecule has 1 N–H and O–H groups in total. The van der Waals surface area contributed by atoms with Crippen molar-refractivity contribution >= 4 is 27.8 Å². The van der Waals surface area contributed by atoms with Gasteiger partial charge in [0.25, 0.3) is 0 Å². The first-order chi connectivity index (χ1) is 9.97. The predicted octanol–water partition coefficient (Wildman–Crippen LogP) is 3.60. The minimum Gasteiger partial charge on any atom is -0.346 e. The summed E-state index contributed by atoms with van der Waals surface area (Å²) in [4.78, 5) is 13.9. The molecule has 2 heterocycles. The molecular formula is C15H24N4S2. The molecular weight excluding hydrogens is 300 g/mol. The Morgan fingerprint density at radius 2 is 2.00 bits per heavy atom. The topological polar surface area (TPSA) is 41.1 Å². The third-order valence-corrected chi connectivity index (χ3v) is 5.46. The van der Waals surface area contributed by atoms with E-state index in [1.165, 1.54) is 9.75 Å². The molecule has 0 fully saturated rings. The lowest BCUT2D eigenvalue weighted by atomic mass is 10.2. The van der Waals surface area contributed by atoms with Gasteiger partial charge in [-0.25, -0.2) is 9.97 Å². The van der Waals surface area contributed by atoms with Gasteiger partial charge in [-0.1, -0.05) is 13.8 Å². The minimum atomic E-state index is 0.676. The summed E-state index contributed by atoms with van der Waals surface area (Å²) in [7, 11) is 2.10. The zero-order chi connectivity index (χ0) is 15.4. The van der Waals surface area contributed by atoms with Crippen molar-refractivity contribution in [3.05, 3.63) is 26.7 Å². The molecule has 6 heteroatoms. The van der Waals surface area contributed by atoms with Gasteiger partial charge in [-0.3, -0.25) is 0 Å². The molecule has 0 aliphatic carbocycles. The number of anilines is 1. The lowest BCUT2D eigenvalue weighted by Crippen LogP contribution is -2.18. The number of nitrogens with zero attached hydrogens (tertiary/aromatic N) is 3. The third-order valence-electron chi connectivity index (χ3n) is 3.27. The van der Waals surface area contributed by atoms with Gasteiger partial charge in [0.15, 0.2) is 5.13 Å². The fourth-order valence-electron chi connectivity index (χ4n) is 1.98. The fourth-order valence-corrected chi connectivity index (χ4v) is 3.80. The van der Waals surface area contributed by atoms with E-state index in [-0.39, 0.29) is 0 Å². The van der Waals surface area contributed by atoms with Gasteiger partial charge in [0.1, 0.15) is 0 Å². The second-order valence-corrected chi connectivity index (χ2v) is 7.75. The molecule has 2 aromatic heterocycles. The smallest absolute Gasteiger partial charge is 0.185 e. The Hall–Kier alpha value is -0.980. The van der Waals surface area contributed by atoms with Gasteiger partial charge in [-0.15, -0.1) is 22.7 Å². The number of hydrogen-bond acceptors (Lipinski definition) is 6. The van der Waals surface area contributed by atoms with Crippen molar-refractivity contribution in [1.29, 1.82) is 0 Å². The van der Waals surface area contributed by atoms with Gasteiger partial charge in [-0.05, 0) is 26.3 Å². The highest BCUT2D eigenvalue weighted by molar-refractivity contribution is 7.15. The van der Waals surface area contributed by atoms with Crippen LogP contribution in [0.25, 0.3) is 0 Å². The summed E-state index contributed by atoms with van der Waals surface area (Å²) in [5.41, 5.74) is 4.17. The van der Waals surface area contributed by atoms with Crippen LogP contribution in [-0.2, 0) is 13.1 Å². The highest BCUT2D eigenvalue weighted by Crippen LogP contribution is 2.27. The average molecular weight is 325 g/mol. The van der Waals surface area contributed by atoms with Gasteiger partial charge in [0, 0.05) is 23.3 Å². The summed E-state index contributed by atoms with van der Waals surface area (Å²) in [5.74, 6) is 0.676. The van der Waals surface area contributed by atoms with Crippen molar-refractivity contribution < 1.29 is 0 Å². The van der Waals surface area contributed by atoms with E-state index in [1.807, 2.05) is 5.51 Å². The molecule has 0 radical (unpaired) electrons. The molecule has 0 amide bonds. The maximum absolute atomic E-state index is 4.71. The first kappa shape index (κ1) is 16.4. The third kappa shape index (κ3) is 4.49. The van der Waals surface area contributed by atoms with E-state index in [2.05, 4.69) is 49.9 Å². The number of rotatable bonds is 7. The van der Waals surface area contributed by atoms with Crippen LogP contribution in [-0.4, -0.2) is 23.6 Å². The van der Waals surface area contributed by atoms with Gasteiger partial charge in [0.05, 0.1) is 23.4 Å². The quantitative estimate of drug-likeness (QED) is 0.845. The zero-order valence-corrected chi connectivity index (χ0v) is 15.1. The highest BCUT2D eigenvalue weighted by Gasteiger charge is 2.13. The van der Waals surface area contributed by atoms with Crippen molar-refractivity contribution in [3.8, 4) is 0 Å². The van der Waals surface area contributed by atoms with E-state index in [0.717, 1.165) is 36.2 Å². The Morgan fingerprint density at radius 1 is 1.24 bits per heavy atom. The molecule has 0 aromatic carbocycles. The van der Waals surface area contributed by atoms with Gasteiger partial charge < -0.3 is 10.2 Å². The Bertz CT molecular complexity index is 574. The van der Waals surface area contributed by atoms with Crippen LogP contribution in [0.15, 0.2) is 5.51 Å². The number of nitrogens with one attached hydrogen (secondary N) is 1. The van der Waals surface area contributed by atoms with E-state index in [1.54, 1.807) is 22.7 Å². The molecule has 2 rings (SSSR count). The molecule has 0 spiro atoms. The monoisotopic (exact) mass is 324 g/mol. The van der Waals surface area contributed by atoms with E-state index >= 15 is 0 Å². The number of aromatic nitrogens is 2. The normalized spacial score (nSPS) is 11.3. The summed E-state index contributed by atoms with van der Waals surface area (Å²) in [6.45, 7) is 11.4. The molecule has 0 aliphatic rings. The minimum absolute atomic E-state index is 0.676. The Balaban J connectivity index is 1.98. The van der Waals surface area contributed by atoms with Crippen LogP contribution in [0.4, 0.5) is 5.13 Å². The lowest BCUT2D eigenvalue weighted by molar-refractivity contribution is 0.554. The van der Waals surface area contributed by atoms with Crippen molar-refractivity contribution in [1.82, 2.24) is 15.3 Å². The standard InChI is InChI=1S/C15H24N4S2/c1-10(2)6-16-7-13-12(4)18-15(21-13)19(5)8-14-11(3)17-9-20-14/h9-10,16H,6-8H2,1-5H3. The summed E-state index contributed by atoms with van der Waals surface area (Å²) in [6, 6.07) is 0. The molecule has 0 aliphatic heterocycles. The van der Waals surface area contributed by atoms with E-state index in [9.17, 15) is 0 Å². The lowest BCUT2D eigenvalue weighted by Gasteiger charge is -2.14. The number of hydrogen-bond donors (Lipinski definition) is 1. The largest absolute Gasteiger partial charge is 0.346 e. The average Bonchev–Trinajstić information content (AvgIpc) is 2.97. The van der Waals surface area contributed by atoms with Crippen molar-refractivity contribution in [3.63, 3.8) is 0 Å². The summed E-state index contributed by atoms with van der Waals surface area (Å²) in [5, 5.41) is 4.58. The van der Waals surface area contributed by atoms with E-state index < -0.39 is 0 Å². The maximum atomic E-state index is 4.71. The number of thiazole rings is 2. The summed E-state index contributed by atoms with van der Waals surface area (Å²) in [6.07, 6.45) is 0. The summed E-state index contributed by atoms with van der Waals surface area (Å²) < 4.78 is 0. The van der Waals surface area contributed by atoms with Crippen LogP contribution in [0.2, 0.25) is 0 Å². The molecule has 4 nitrogen and oxygen atoms in total. The van der Waals surface area contributed by atoms with Crippen molar-refractivity contribution in [2.45, 2.75) is 40.8 Å². The zero-order valence-electron chi connectivity index (χ0n) is 13.4. The van der Waals surface area contributed by atoms with Crippen molar-refractivity contribution in [2.24, 2.45) is 5.92 Å². The van der Waals surface area contributed by atoms with Crippen LogP contribution in [0.5, 0.6) is 0 Å². The van der Waals surface area contributed by atoms with Crippen molar-refractivity contribution in [2.75, 3.05) is 18.5 Å². The van der Waals surface area contributed by atoms with E-state index in [0.29, 0.717) is 5.92 Å².